The predicted octanol–water partition coefficient (Wildman–Crippen LogP) is 4.44. The van der Waals surface area contributed by atoms with Crippen LogP contribution in [0.4, 0.5) is 0 Å². The summed E-state index contributed by atoms with van der Waals surface area (Å²) >= 11 is 16.3. The van der Waals surface area contributed by atoms with Crippen LogP contribution < -0.4 is 0 Å². The topological polar surface area (TPSA) is 52.6 Å². The number of carbonyl (C=O) groups is 2. The second-order valence-corrected chi connectivity index (χ2v) is 7.39. The van der Waals surface area contributed by atoms with E-state index in [1.165, 1.54) is 0 Å². The number of ether oxygens (including phenoxy) is 2. The molecule has 0 amide bonds. The zero-order valence-corrected chi connectivity index (χ0v) is 14.8. The molecule has 0 saturated carbocycles. The molecule has 0 bridgehead atoms. The number of hydrogen-bond donors (Lipinski definition) is 0. The number of alkyl halides is 3. The van der Waals surface area contributed by atoms with Crippen molar-refractivity contribution in [3.8, 4) is 0 Å². The van der Waals surface area contributed by atoms with Gasteiger partial charge in [0.15, 0.2) is 0 Å². The van der Waals surface area contributed by atoms with Crippen LogP contribution in [0.15, 0.2) is 0 Å². The van der Waals surface area contributed by atoms with Crippen LogP contribution in [0.5, 0.6) is 0 Å². The van der Waals surface area contributed by atoms with E-state index in [9.17, 15) is 9.59 Å². The molecule has 124 valence electrons. The third kappa shape index (κ3) is 13.2. The Morgan fingerprint density at radius 2 is 1.62 bits per heavy atom. The Kier molecular flexibility index (Phi) is 11.3. The highest BCUT2D eigenvalue weighted by Crippen LogP contribution is 2.26. The van der Waals surface area contributed by atoms with E-state index in [4.69, 9.17) is 44.3 Å². The minimum Gasteiger partial charge on any atom is -0.465 e. The van der Waals surface area contributed by atoms with Crippen molar-refractivity contribution in [2.75, 3.05) is 13.2 Å². The third-order valence-corrected chi connectivity index (χ3v) is 3.28. The number of esters is 2. The van der Waals surface area contributed by atoms with E-state index < -0.39 is 15.7 Å². The average Bonchev–Trinajstić information content (AvgIpc) is 2.42. The minimum absolute atomic E-state index is 0.0249. The molecule has 0 radical (unpaired) electrons. The predicted molar refractivity (Wildman–Crippen MR) is 84.7 cm³/mol. The molecule has 0 aliphatic heterocycles. The highest BCUT2D eigenvalue weighted by molar-refractivity contribution is 6.67. The fourth-order valence-electron chi connectivity index (χ4n) is 1.62. The molecule has 0 aliphatic carbocycles. The average molecular weight is 362 g/mol. The number of hydrogen-bond acceptors (Lipinski definition) is 4. The Balaban J connectivity index is 3.81. The summed E-state index contributed by atoms with van der Waals surface area (Å²) in [5.74, 6) is -0.614. The molecular formula is C14H23Cl3O4. The molecule has 1 atom stereocenters. The Morgan fingerprint density at radius 1 is 1.05 bits per heavy atom. The van der Waals surface area contributed by atoms with E-state index in [1.807, 2.05) is 0 Å². The van der Waals surface area contributed by atoms with Crippen LogP contribution in [-0.2, 0) is 19.1 Å². The Bertz CT molecular complexity index is 316. The van der Waals surface area contributed by atoms with Gasteiger partial charge in [-0.05, 0) is 12.3 Å². The van der Waals surface area contributed by atoms with Gasteiger partial charge in [-0.3, -0.25) is 9.59 Å². The molecule has 0 spiro atoms. The van der Waals surface area contributed by atoms with Crippen LogP contribution in [-0.4, -0.2) is 28.9 Å². The van der Waals surface area contributed by atoms with Gasteiger partial charge >= 0.3 is 11.9 Å². The number of unbranched alkanes of at least 4 members (excludes halogenated alkanes) is 1. The zero-order valence-electron chi connectivity index (χ0n) is 12.5. The van der Waals surface area contributed by atoms with Crippen LogP contribution in [0.25, 0.3) is 0 Å². The van der Waals surface area contributed by atoms with Gasteiger partial charge in [0, 0.05) is 0 Å². The first kappa shape index (κ1) is 20.8. The van der Waals surface area contributed by atoms with Crippen LogP contribution in [0.3, 0.4) is 0 Å². The van der Waals surface area contributed by atoms with E-state index in [-0.39, 0.29) is 19.4 Å². The standard InChI is InChI=1S/C14H23Cl3O4/c1-3-5-6-11(4-2)9-20-12(18)7-8-13(19)21-10-14(15,16)17/h11H,3-10H2,1-2H3. The molecule has 0 aromatic heterocycles. The molecule has 0 saturated heterocycles. The summed E-state index contributed by atoms with van der Waals surface area (Å²) in [6.45, 7) is 4.27. The largest absolute Gasteiger partial charge is 0.465 e. The lowest BCUT2D eigenvalue weighted by Gasteiger charge is -2.14. The summed E-state index contributed by atoms with van der Waals surface area (Å²) < 4.78 is 8.24. The summed E-state index contributed by atoms with van der Waals surface area (Å²) in [6.07, 6.45) is 4.16. The number of halogens is 3. The molecule has 0 N–H and O–H groups in total. The first-order chi connectivity index (χ1) is 9.78. The van der Waals surface area contributed by atoms with Crippen molar-refractivity contribution in [1.82, 2.24) is 0 Å². The van der Waals surface area contributed by atoms with Crippen LogP contribution >= 0.6 is 34.8 Å². The van der Waals surface area contributed by atoms with E-state index in [0.717, 1.165) is 25.7 Å². The van der Waals surface area contributed by atoms with E-state index in [1.54, 1.807) is 0 Å². The van der Waals surface area contributed by atoms with Gasteiger partial charge < -0.3 is 9.47 Å². The Labute approximate surface area is 141 Å². The second kappa shape index (κ2) is 11.4. The van der Waals surface area contributed by atoms with E-state index in [0.29, 0.717) is 12.5 Å². The Hall–Kier alpha value is -0.190. The van der Waals surface area contributed by atoms with Gasteiger partial charge in [0.2, 0.25) is 3.79 Å². The lowest BCUT2D eigenvalue weighted by Crippen LogP contribution is -2.19. The van der Waals surface area contributed by atoms with Gasteiger partial charge in [-0.1, -0.05) is 67.9 Å². The van der Waals surface area contributed by atoms with E-state index >= 15 is 0 Å². The fraction of sp³-hybridized carbons (Fsp3) is 0.857. The van der Waals surface area contributed by atoms with Gasteiger partial charge in [0.25, 0.3) is 0 Å². The van der Waals surface area contributed by atoms with Crippen LogP contribution in [0.2, 0.25) is 0 Å². The molecule has 4 nitrogen and oxygen atoms in total. The van der Waals surface area contributed by atoms with Crippen molar-refractivity contribution in [2.45, 2.75) is 56.2 Å². The molecule has 0 heterocycles. The molecule has 0 aromatic carbocycles. The summed E-state index contributed by atoms with van der Waals surface area (Å²) in [5, 5.41) is 0. The van der Waals surface area contributed by atoms with Crippen molar-refractivity contribution < 1.29 is 19.1 Å². The third-order valence-electron chi connectivity index (χ3n) is 2.95. The molecule has 0 rings (SSSR count). The van der Waals surface area contributed by atoms with Gasteiger partial charge in [-0.15, -0.1) is 0 Å². The quantitative estimate of drug-likeness (QED) is 0.426. The monoisotopic (exact) mass is 360 g/mol. The van der Waals surface area contributed by atoms with Crippen molar-refractivity contribution in [3.63, 3.8) is 0 Å². The molecule has 21 heavy (non-hydrogen) atoms. The van der Waals surface area contributed by atoms with Crippen LogP contribution in [0.1, 0.15) is 52.4 Å². The summed E-state index contributed by atoms with van der Waals surface area (Å²) in [7, 11) is 0. The summed E-state index contributed by atoms with van der Waals surface area (Å²) in [4.78, 5) is 22.9. The molecular weight excluding hydrogens is 339 g/mol. The summed E-state index contributed by atoms with van der Waals surface area (Å²) in [6, 6.07) is 0. The maximum absolute atomic E-state index is 11.5. The molecule has 7 heteroatoms. The SMILES string of the molecule is CCCCC(CC)COC(=O)CCC(=O)OCC(Cl)(Cl)Cl. The minimum atomic E-state index is -1.64. The maximum Gasteiger partial charge on any atom is 0.306 e. The van der Waals surface area contributed by atoms with Gasteiger partial charge in [0.1, 0.15) is 6.61 Å². The fourth-order valence-corrected chi connectivity index (χ4v) is 1.78. The lowest BCUT2D eigenvalue weighted by atomic mass is 10.0. The highest BCUT2D eigenvalue weighted by atomic mass is 35.6. The first-order valence-electron chi connectivity index (χ1n) is 7.16. The zero-order chi connectivity index (χ0) is 16.3. The molecule has 1 unspecified atom stereocenters. The maximum atomic E-state index is 11.5. The summed E-state index contributed by atoms with van der Waals surface area (Å²) in [5.41, 5.74) is 0. The van der Waals surface area contributed by atoms with Crippen molar-refractivity contribution in [3.05, 3.63) is 0 Å². The van der Waals surface area contributed by atoms with Crippen molar-refractivity contribution in [2.24, 2.45) is 5.92 Å². The van der Waals surface area contributed by atoms with Crippen molar-refractivity contribution >= 4 is 46.7 Å². The molecule has 0 aromatic rings. The van der Waals surface area contributed by atoms with Gasteiger partial charge in [0.05, 0.1) is 19.4 Å². The number of rotatable bonds is 10. The molecule has 0 aliphatic rings. The molecule has 0 fully saturated rings. The lowest BCUT2D eigenvalue weighted by molar-refractivity contribution is -0.151. The highest BCUT2D eigenvalue weighted by Gasteiger charge is 2.22. The normalized spacial score (nSPS) is 12.8. The number of carbonyl (C=O) groups excluding carboxylic acids is 2. The second-order valence-electron chi connectivity index (χ2n) is 4.88. The van der Waals surface area contributed by atoms with Crippen LogP contribution in [0, 0.1) is 5.92 Å². The van der Waals surface area contributed by atoms with Gasteiger partial charge in [-0.25, -0.2) is 0 Å². The van der Waals surface area contributed by atoms with Crippen molar-refractivity contribution in [1.29, 1.82) is 0 Å². The van der Waals surface area contributed by atoms with Gasteiger partial charge in [-0.2, -0.15) is 0 Å². The van der Waals surface area contributed by atoms with E-state index in [2.05, 4.69) is 13.8 Å². The Morgan fingerprint density at radius 3 is 2.10 bits per heavy atom. The smallest absolute Gasteiger partial charge is 0.306 e. The first-order valence-corrected chi connectivity index (χ1v) is 8.29.